The third-order valence-electron chi connectivity index (χ3n) is 3.15. The van der Waals surface area contributed by atoms with E-state index in [0.29, 0.717) is 6.61 Å². The molecule has 2 heterocycles. The Kier molecular flexibility index (Phi) is 5.41. The highest BCUT2D eigenvalue weighted by Gasteiger charge is 2.25. The van der Waals surface area contributed by atoms with E-state index in [1.54, 1.807) is 11.3 Å². The van der Waals surface area contributed by atoms with Crippen LogP contribution in [0.1, 0.15) is 37.1 Å². The standard InChI is InChI=1S/C15H20O3S/c1-11-8-14(9-12(2)18-11)17-10-15-13(4-3-6-16)5-7-19-15/h5,7,11-12,14,16H,6,8-10H2,1-2H3. The molecule has 2 atom stereocenters. The van der Waals surface area contributed by atoms with E-state index in [9.17, 15) is 0 Å². The maximum absolute atomic E-state index is 8.73. The summed E-state index contributed by atoms with van der Waals surface area (Å²) in [5.41, 5.74) is 0.965. The summed E-state index contributed by atoms with van der Waals surface area (Å²) in [5, 5.41) is 10.7. The number of rotatable bonds is 3. The molecule has 1 aliphatic heterocycles. The van der Waals surface area contributed by atoms with Crippen molar-refractivity contribution in [2.75, 3.05) is 6.61 Å². The highest BCUT2D eigenvalue weighted by Crippen LogP contribution is 2.24. The van der Waals surface area contributed by atoms with Crippen LogP contribution in [0.3, 0.4) is 0 Å². The maximum Gasteiger partial charge on any atom is 0.104 e. The molecule has 0 amide bonds. The quantitative estimate of drug-likeness (QED) is 0.865. The van der Waals surface area contributed by atoms with Crippen LogP contribution in [0.5, 0.6) is 0 Å². The van der Waals surface area contributed by atoms with Crippen molar-refractivity contribution in [2.24, 2.45) is 0 Å². The molecule has 0 radical (unpaired) electrons. The first-order valence-electron chi connectivity index (χ1n) is 6.62. The van der Waals surface area contributed by atoms with Crippen LogP contribution >= 0.6 is 11.3 Å². The predicted octanol–water partition coefficient (Wildman–Crippen LogP) is 2.56. The summed E-state index contributed by atoms with van der Waals surface area (Å²) in [7, 11) is 0. The molecular weight excluding hydrogens is 260 g/mol. The van der Waals surface area contributed by atoms with Gasteiger partial charge in [0.05, 0.1) is 24.9 Å². The zero-order valence-corrected chi connectivity index (χ0v) is 12.2. The highest BCUT2D eigenvalue weighted by atomic mass is 32.1. The van der Waals surface area contributed by atoms with E-state index in [1.807, 2.05) is 11.4 Å². The normalized spacial score (nSPS) is 26.8. The van der Waals surface area contributed by atoms with Crippen LogP contribution in [0.25, 0.3) is 0 Å². The van der Waals surface area contributed by atoms with Gasteiger partial charge in [-0.3, -0.25) is 0 Å². The molecule has 1 aromatic rings. The summed E-state index contributed by atoms with van der Waals surface area (Å²) in [6.07, 6.45) is 2.71. The average Bonchev–Trinajstić information content (AvgIpc) is 2.80. The van der Waals surface area contributed by atoms with Crippen LogP contribution in [-0.2, 0) is 16.1 Å². The first-order valence-corrected chi connectivity index (χ1v) is 7.50. The fraction of sp³-hybridized carbons (Fsp3) is 0.600. The second-order valence-electron chi connectivity index (χ2n) is 4.88. The number of thiophene rings is 1. The first-order chi connectivity index (χ1) is 9.19. The highest BCUT2D eigenvalue weighted by molar-refractivity contribution is 7.10. The van der Waals surface area contributed by atoms with Crippen molar-refractivity contribution < 1.29 is 14.6 Å². The molecule has 19 heavy (non-hydrogen) atoms. The van der Waals surface area contributed by atoms with Crippen molar-refractivity contribution in [1.29, 1.82) is 0 Å². The Morgan fingerprint density at radius 3 is 2.84 bits per heavy atom. The topological polar surface area (TPSA) is 38.7 Å². The smallest absolute Gasteiger partial charge is 0.104 e. The van der Waals surface area contributed by atoms with Crippen molar-refractivity contribution in [1.82, 2.24) is 0 Å². The average molecular weight is 280 g/mol. The Morgan fingerprint density at radius 2 is 2.16 bits per heavy atom. The number of hydrogen-bond donors (Lipinski definition) is 1. The Balaban J connectivity index is 1.90. The van der Waals surface area contributed by atoms with Crippen molar-refractivity contribution in [3.8, 4) is 11.8 Å². The summed E-state index contributed by atoms with van der Waals surface area (Å²) >= 11 is 1.65. The molecule has 1 fully saturated rings. The molecule has 2 rings (SSSR count). The number of hydrogen-bond acceptors (Lipinski definition) is 4. The van der Waals surface area contributed by atoms with Gasteiger partial charge in [0.2, 0.25) is 0 Å². The van der Waals surface area contributed by atoms with E-state index in [0.717, 1.165) is 23.3 Å². The molecule has 3 nitrogen and oxygen atoms in total. The van der Waals surface area contributed by atoms with E-state index in [4.69, 9.17) is 14.6 Å². The maximum atomic E-state index is 8.73. The predicted molar refractivity (Wildman–Crippen MR) is 76.1 cm³/mol. The van der Waals surface area contributed by atoms with Gasteiger partial charge in [-0.25, -0.2) is 0 Å². The molecule has 0 bridgehead atoms. The lowest BCUT2D eigenvalue weighted by Crippen LogP contribution is -2.33. The van der Waals surface area contributed by atoms with Crippen molar-refractivity contribution >= 4 is 11.3 Å². The minimum absolute atomic E-state index is 0.106. The molecule has 4 heteroatoms. The number of ether oxygens (including phenoxy) is 2. The zero-order chi connectivity index (χ0) is 13.7. The van der Waals surface area contributed by atoms with E-state index < -0.39 is 0 Å². The molecule has 1 N–H and O–H groups in total. The Hall–Kier alpha value is -0.860. The van der Waals surface area contributed by atoms with Crippen molar-refractivity contribution in [3.63, 3.8) is 0 Å². The third-order valence-corrected chi connectivity index (χ3v) is 4.05. The monoisotopic (exact) mass is 280 g/mol. The van der Waals surface area contributed by atoms with E-state index >= 15 is 0 Å². The van der Waals surface area contributed by atoms with Crippen LogP contribution in [0.15, 0.2) is 11.4 Å². The number of aliphatic hydroxyl groups excluding tert-OH is 1. The lowest BCUT2D eigenvalue weighted by Gasteiger charge is -2.31. The fourth-order valence-electron chi connectivity index (χ4n) is 2.37. The SMILES string of the molecule is CC1CC(OCc2sccc2C#CCO)CC(C)O1. The minimum atomic E-state index is -0.106. The summed E-state index contributed by atoms with van der Waals surface area (Å²) in [5.74, 6) is 5.63. The van der Waals surface area contributed by atoms with Crippen LogP contribution < -0.4 is 0 Å². The molecule has 2 unspecified atom stereocenters. The molecular formula is C15H20O3S. The molecule has 104 valence electrons. The van der Waals surface area contributed by atoms with Crippen LogP contribution in [0.4, 0.5) is 0 Å². The van der Waals surface area contributed by atoms with Gasteiger partial charge in [-0.2, -0.15) is 0 Å². The molecule has 1 saturated heterocycles. The van der Waals surface area contributed by atoms with E-state index in [1.165, 1.54) is 0 Å². The van der Waals surface area contributed by atoms with Gasteiger partial charge in [-0.15, -0.1) is 11.3 Å². The van der Waals surface area contributed by atoms with Crippen molar-refractivity contribution in [2.45, 2.75) is 51.6 Å². The van der Waals surface area contributed by atoms with Crippen molar-refractivity contribution in [3.05, 3.63) is 21.9 Å². The lowest BCUT2D eigenvalue weighted by molar-refractivity contribution is -0.105. The summed E-state index contributed by atoms with van der Waals surface area (Å²) in [6.45, 7) is 4.67. The molecule has 0 aliphatic carbocycles. The third kappa shape index (κ3) is 4.32. The summed E-state index contributed by atoms with van der Waals surface area (Å²) < 4.78 is 11.7. The molecule has 1 aromatic heterocycles. The van der Waals surface area contributed by atoms with Gasteiger partial charge < -0.3 is 14.6 Å². The van der Waals surface area contributed by atoms with Gasteiger partial charge in [0.25, 0.3) is 0 Å². The van der Waals surface area contributed by atoms with Gasteiger partial charge in [0.15, 0.2) is 0 Å². The summed E-state index contributed by atoms with van der Waals surface area (Å²) in [4.78, 5) is 1.13. The minimum Gasteiger partial charge on any atom is -0.384 e. The fourth-order valence-corrected chi connectivity index (χ4v) is 3.12. The Bertz CT molecular complexity index is 447. The Morgan fingerprint density at radius 1 is 1.42 bits per heavy atom. The second-order valence-corrected chi connectivity index (χ2v) is 5.88. The molecule has 0 saturated carbocycles. The molecule has 0 aromatic carbocycles. The van der Waals surface area contributed by atoms with Gasteiger partial charge in [0.1, 0.15) is 6.61 Å². The van der Waals surface area contributed by atoms with Crippen LogP contribution in [-0.4, -0.2) is 30.0 Å². The summed E-state index contributed by atoms with van der Waals surface area (Å²) in [6, 6.07) is 1.97. The second kappa shape index (κ2) is 7.06. The van der Waals surface area contributed by atoms with E-state index in [2.05, 4.69) is 25.7 Å². The molecule has 0 spiro atoms. The van der Waals surface area contributed by atoms with Crippen LogP contribution in [0.2, 0.25) is 0 Å². The van der Waals surface area contributed by atoms with Gasteiger partial charge in [-0.05, 0) is 38.1 Å². The lowest BCUT2D eigenvalue weighted by atomic mass is 10.0. The van der Waals surface area contributed by atoms with Gasteiger partial charge >= 0.3 is 0 Å². The van der Waals surface area contributed by atoms with Crippen LogP contribution in [0, 0.1) is 11.8 Å². The van der Waals surface area contributed by atoms with Gasteiger partial charge in [-0.1, -0.05) is 11.8 Å². The van der Waals surface area contributed by atoms with Gasteiger partial charge in [0, 0.05) is 10.4 Å². The first kappa shape index (κ1) is 14.5. The Labute approximate surface area is 118 Å². The number of aliphatic hydroxyl groups is 1. The largest absolute Gasteiger partial charge is 0.384 e. The zero-order valence-electron chi connectivity index (χ0n) is 11.4. The molecule has 1 aliphatic rings. The van der Waals surface area contributed by atoms with E-state index in [-0.39, 0.29) is 24.9 Å².